The summed E-state index contributed by atoms with van der Waals surface area (Å²) in [6.07, 6.45) is 0. The molecule has 1 aromatic rings. The van der Waals surface area contributed by atoms with Crippen LogP contribution < -0.4 is 0 Å². The highest BCUT2D eigenvalue weighted by molar-refractivity contribution is 5.69. The van der Waals surface area contributed by atoms with Crippen LogP contribution in [-0.4, -0.2) is 29.6 Å². The Bertz CT molecular complexity index is 351. The molecule has 1 unspecified atom stereocenters. The van der Waals surface area contributed by atoms with Gasteiger partial charge in [-0.25, -0.2) is 4.39 Å². The Labute approximate surface area is 94.5 Å². The Kier molecular flexibility index (Phi) is 4.43. The highest BCUT2D eigenvalue weighted by atomic mass is 19.1. The summed E-state index contributed by atoms with van der Waals surface area (Å²) >= 11 is 0. The van der Waals surface area contributed by atoms with E-state index in [0.29, 0.717) is 13.1 Å². The van der Waals surface area contributed by atoms with Gasteiger partial charge in [0.05, 0.1) is 5.92 Å². The van der Waals surface area contributed by atoms with E-state index in [1.165, 1.54) is 12.1 Å². The van der Waals surface area contributed by atoms with Crippen LogP contribution in [0, 0.1) is 11.7 Å². The first-order valence-electron chi connectivity index (χ1n) is 5.15. The van der Waals surface area contributed by atoms with E-state index in [0.717, 1.165) is 5.56 Å². The topological polar surface area (TPSA) is 40.5 Å². The van der Waals surface area contributed by atoms with Crippen molar-refractivity contribution < 1.29 is 14.3 Å². The molecule has 4 heteroatoms. The molecule has 1 aromatic carbocycles. The van der Waals surface area contributed by atoms with Crippen molar-refractivity contribution in [2.45, 2.75) is 13.5 Å². The number of nitrogens with zero attached hydrogens (tertiary/aromatic N) is 1. The molecule has 16 heavy (non-hydrogen) atoms. The highest BCUT2D eigenvalue weighted by Gasteiger charge is 2.13. The minimum Gasteiger partial charge on any atom is -0.481 e. The van der Waals surface area contributed by atoms with E-state index in [2.05, 4.69) is 0 Å². The number of halogens is 1. The van der Waals surface area contributed by atoms with Crippen LogP contribution in [0.4, 0.5) is 4.39 Å². The van der Waals surface area contributed by atoms with Crippen LogP contribution in [0.5, 0.6) is 0 Å². The molecule has 0 aliphatic carbocycles. The first-order valence-corrected chi connectivity index (χ1v) is 5.15. The van der Waals surface area contributed by atoms with Gasteiger partial charge < -0.3 is 10.0 Å². The molecule has 88 valence electrons. The third kappa shape index (κ3) is 3.98. The Morgan fingerprint density at radius 2 is 2.00 bits per heavy atom. The normalized spacial score (nSPS) is 12.8. The number of rotatable bonds is 5. The molecule has 0 aliphatic heterocycles. The summed E-state index contributed by atoms with van der Waals surface area (Å²) < 4.78 is 12.6. The third-order valence-corrected chi connectivity index (χ3v) is 2.37. The lowest BCUT2D eigenvalue weighted by Crippen LogP contribution is -2.28. The lowest BCUT2D eigenvalue weighted by molar-refractivity contribution is -0.141. The average molecular weight is 225 g/mol. The number of hydrogen-bond donors (Lipinski definition) is 1. The highest BCUT2D eigenvalue weighted by Crippen LogP contribution is 2.07. The number of aliphatic carboxylic acids is 1. The molecule has 0 spiro atoms. The lowest BCUT2D eigenvalue weighted by Gasteiger charge is -2.18. The number of benzene rings is 1. The van der Waals surface area contributed by atoms with Gasteiger partial charge in [-0.2, -0.15) is 0 Å². The Morgan fingerprint density at radius 1 is 1.44 bits per heavy atom. The van der Waals surface area contributed by atoms with Gasteiger partial charge in [0.2, 0.25) is 0 Å². The number of hydrogen-bond acceptors (Lipinski definition) is 2. The van der Waals surface area contributed by atoms with Gasteiger partial charge >= 0.3 is 5.97 Å². The fourth-order valence-electron chi connectivity index (χ4n) is 1.51. The Morgan fingerprint density at radius 3 is 2.50 bits per heavy atom. The minimum absolute atomic E-state index is 0.259. The molecular formula is C12H16FNO2. The summed E-state index contributed by atoms with van der Waals surface area (Å²) in [4.78, 5) is 12.6. The van der Waals surface area contributed by atoms with Crippen molar-refractivity contribution in [2.75, 3.05) is 13.6 Å². The maximum absolute atomic E-state index is 12.6. The summed E-state index contributed by atoms with van der Waals surface area (Å²) in [6.45, 7) is 2.77. The Balaban J connectivity index is 2.48. The van der Waals surface area contributed by atoms with Crippen molar-refractivity contribution in [3.63, 3.8) is 0 Å². The fraction of sp³-hybridized carbons (Fsp3) is 0.417. The maximum Gasteiger partial charge on any atom is 0.307 e. The second kappa shape index (κ2) is 5.61. The molecule has 0 amide bonds. The molecule has 0 bridgehead atoms. The second-order valence-corrected chi connectivity index (χ2v) is 4.06. The van der Waals surface area contributed by atoms with E-state index in [9.17, 15) is 9.18 Å². The van der Waals surface area contributed by atoms with Gasteiger partial charge in [-0.3, -0.25) is 4.79 Å². The van der Waals surface area contributed by atoms with Gasteiger partial charge in [-0.15, -0.1) is 0 Å². The SMILES string of the molecule is CC(CN(C)Cc1ccc(F)cc1)C(=O)O. The monoisotopic (exact) mass is 225 g/mol. The zero-order valence-electron chi connectivity index (χ0n) is 9.48. The molecule has 0 saturated heterocycles. The van der Waals surface area contributed by atoms with Gasteiger partial charge in [0, 0.05) is 13.1 Å². The summed E-state index contributed by atoms with van der Waals surface area (Å²) in [7, 11) is 1.85. The van der Waals surface area contributed by atoms with E-state index in [1.54, 1.807) is 19.1 Å². The Hall–Kier alpha value is -1.42. The molecule has 0 aliphatic rings. The molecule has 0 aromatic heterocycles. The number of carbonyl (C=O) groups is 1. The first kappa shape index (κ1) is 12.6. The van der Waals surface area contributed by atoms with E-state index in [-0.39, 0.29) is 5.82 Å². The van der Waals surface area contributed by atoms with E-state index in [4.69, 9.17) is 5.11 Å². The van der Waals surface area contributed by atoms with Crippen molar-refractivity contribution in [3.05, 3.63) is 35.6 Å². The summed E-state index contributed by atoms with van der Waals surface area (Å²) in [5, 5.41) is 8.76. The van der Waals surface area contributed by atoms with Crippen LogP contribution in [0.25, 0.3) is 0 Å². The minimum atomic E-state index is -0.800. The van der Waals surface area contributed by atoms with Crippen molar-refractivity contribution in [2.24, 2.45) is 5.92 Å². The second-order valence-electron chi connectivity index (χ2n) is 4.06. The third-order valence-electron chi connectivity index (χ3n) is 2.37. The van der Waals surface area contributed by atoms with Gasteiger partial charge in [-0.05, 0) is 24.7 Å². The zero-order chi connectivity index (χ0) is 12.1. The summed E-state index contributed by atoms with van der Waals surface area (Å²) in [5.74, 6) is -1.46. The molecular weight excluding hydrogens is 209 g/mol. The van der Waals surface area contributed by atoms with E-state index >= 15 is 0 Å². The fourth-order valence-corrected chi connectivity index (χ4v) is 1.51. The first-order chi connectivity index (χ1) is 7.49. The predicted octanol–water partition coefficient (Wildman–Crippen LogP) is 1.98. The van der Waals surface area contributed by atoms with Crippen molar-refractivity contribution in [1.29, 1.82) is 0 Å². The van der Waals surface area contributed by atoms with Gasteiger partial charge in [0.1, 0.15) is 5.82 Å². The standard InChI is InChI=1S/C12H16FNO2/c1-9(12(15)16)7-14(2)8-10-3-5-11(13)6-4-10/h3-6,9H,7-8H2,1-2H3,(H,15,16). The zero-order valence-corrected chi connectivity index (χ0v) is 9.48. The molecule has 0 radical (unpaired) electrons. The summed E-state index contributed by atoms with van der Waals surface area (Å²) in [5.41, 5.74) is 0.974. The smallest absolute Gasteiger partial charge is 0.307 e. The molecule has 1 rings (SSSR count). The van der Waals surface area contributed by atoms with Crippen molar-refractivity contribution in [3.8, 4) is 0 Å². The predicted molar refractivity (Wildman–Crippen MR) is 59.5 cm³/mol. The maximum atomic E-state index is 12.6. The van der Waals surface area contributed by atoms with Crippen molar-refractivity contribution >= 4 is 5.97 Å². The molecule has 1 N–H and O–H groups in total. The van der Waals surface area contributed by atoms with Crippen molar-refractivity contribution in [1.82, 2.24) is 4.90 Å². The van der Waals surface area contributed by atoms with Crippen LogP contribution in [0.2, 0.25) is 0 Å². The van der Waals surface area contributed by atoms with Gasteiger partial charge in [-0.1, -0.05) is 19.1 Å². The van der Waals surface area contributed by atoms with Gasteiger partial charge in [0.25, 0.3) is 0 Å². The quantitative estimate of drug-likeness (QED) is 0.833. The molecule has 3 nitrogen and oxygen atoms in total. The molecule has 0 heterocycles. The molecule has 0 saturated carbocycles. The van der Waals surface area contributed by atoms with E-state index < -0.39 is 11.9 Å². The van der Waals surface area contributed by atoms with Gasteiger partial charge in [0.15, 0.2) is 0 Å². The lowest BCUT2D eigenvalue weighted by atomic mass is 10.1. The van der Waals surface area contributed by atoms with Crippen LogP contribution in [0.1, 0.15) is 12.5 Å². The largest absolute Gasteiger partial charge is 0.481 e. The average Bonchev–Trinajstić information content (AvgIpc) is 2.21. The van der Waals surface area contributed by atoms with Crippen LogP contribution in [0.3, 0.4) is 0 Å². The van der Waals surface area contributed by atoms with Crippen LogP contribution in [0.15, 0.2) is 24.3 Å². The van der Waals surface area contributed by atoms with E-state index in [1.807, 2.05) is 11.9 Å². The summed E-state index contributed by atoms with van der Waals surface area (Å²) in [6, 6.07) is 6.22. The molecule has 0 fully saturated rings. The number of carboxylic acids is 1. The number of carboxylic acid groups (broad SMARTS) is 1. The molecule has 1 atom stereocenters. The van der Waals surface area contributed by atoms with Crippen LogP contribution in [-0.2, 0) is 11.3 Å². The van der Waals surface area contributed by atoms with Crippen LogP contribution >= 0.6 is 0 Å².